The van der Waals surface area contributed by atoms with Crippen molar-refractivity contribution in [2.24, 2.45) is 5.16 Å². The number of aromatic nitrogens is 3. The normalized spacial score (nSPS) is 12.1. The van der Waals surface area contributed by atoms with Crippen molar-refractivity contribution in [3.8, 4) is 5.75 Å². The van der Waals surface area contributed by atoms with Gasteiger partial charge in [-0.15, -0.1) is 0 Å². The lowest BCUT2D eigenvalue weighted by Gasteiger charge is -2.16. The maximum absolute atomic E-state index is 13.8. The van der Waals surface area contributed by atoms with E-state index in [1.54, 1.807) is 30.9 Å². The van der Waals surface area contributed by atoms with Gasteiger partial charge < -0.3 is 14.3 Å². The Morgan fingerprint density at radius 3 is 2.42 bits per heavy atom. The largest absolute Gasteiger partial charge is 0.489 e. The Kier molecular flexibility index (Phi) is 5.58. The number of hydrogen-bond acceptors (Lipinski definition) is 6. The van der Waals surface area contributed by atoms with Crippen LogP contribution in [0, 0.1) is 0 Å². The average molecular weight is 539 g/mol. The number of benzene rings is 2. The van der Waals surface area contributed by atoms with Crippen LogP contribution >= 0.6 is 15.9 Å². The Morgan fingerprint density at radius 1 is 0.944 bits per heavy atom. The molecular formula is C28H19BrN4O3. The summed E-state index contributed by atoms with van der Waals surface area (Å²) < 4.78 is 8.93. The van der Waals surface area contributed by atoms with E-state index in [0.29, 0.717) is 39.4 Å². The van der Waals surface area contributed by atoms with Crippen LogP contribution in [0.5, 0.6) is 5.75 Å². The predicted molar refractivity (Wildman–Crippen MR) is 141 cm³/mol. The van der Waals surface area contributed by atoms with Gasteiger partial charge in [0.2, 0.25) is 0 Å². The minimum Gasteiger partial charge on any atom is -0.489 e. The molecule has 0 aliphatic heterocycles. The van der Waals surface area contributed by atoms with Crippen molar-refractivity contribution in [2.45, 2.75) is 13.0 Å². The third-order valence-electron chi connectivity index (χ3n) is 6.22. The van der Waals surface area contributed by atoms with Crippen LogP contribution in [0.4, 0.5) is 0 Å². The molecule has 1 N–H and O–H groups in total. The number of halogens is 1. The molecule has 6 rings (SSSR count). The van der Waals surface area contributed by atoms with E-state index < -0.39 is 0 Å². The highest BCUT2D eigenvalue weighted by Crippen LogP contribution is 2.29. The van der Waals surface area contributed by atoms with Crippen molar-refractivity contribution < 1.29 is 9.94 Å². The quantitative estimate of drug-likeness (QED) is 0.143. The van der Waals surface area contributed by atoms with Gasteiger partial charge in [0.25, 0.3) is 0 Å². The lowest BCUT2D eigenvalue weighted by molar-refractivity contribution is 0.303. The third-order valence-corrected chi connectivity index (χ3v) is 6.71. The molecule has 0 aliphatic carbocycles. The van der Waals surface area contributed by atoms with E-state index in [-0.39, 0.29) is 12.0 Å². The van der Waals surface area contributed by atoms with Crippen LogP contribution in [-0.4, -0.2) is 19.6 Å². The average Bonchev–Trinajstić information content (AvgIpc) is 2.91. The van der Waals surface area contributed by atoms with E-state index in [1.807, 2.05) is 59.1 Å². The van der Waals surface area contributed by atoms with Gasteiger partial charge in [0.1, 0.15) is 17.7 Å². The highest BCUT2D eigenvalue weighted by Gasteiger charge is 2.18. The molecule has 6 aromatic rings. The van der Waals surface area contributed by atoms with Crippen LogP contribution in [0.1, 0.15) is 16.7 Å². The zero-order chi connectivity index (χ0) is 24.6. The summed E-state index contributed by atoms with van der Waals surface area (Å²) in [5.41, 5.74) is 3.86. The third kappa shape index (κ3) is 3.85. The van der Waals surface area contributed by atoms with E-state index in [4.69, 9.17) is 4.74 Å². The molecule has 0 saturated carbocycles. The molecule has 176 valence electrons. The smallest absolute Gasteiger partial charge is 0.193 e. The van der Waals surface area contributed by atoms with Crippen LogP contribution in [-0.2, 0) is 13.0 Å². The molecule has 0 fully saturated rings. The summed E-state index contributed by atoms with van der Waals surface area (Å²) in [7, 11) is 0. The second-order valence-electron chi connectivity index (χ2n) is 8.52. The molecule has 0 spiro atoms. The molecule has 36 heavy (non-hydrogen) atoms. The van der Waals surface area contributed by atoms with Gasteiger partial charge in [-0.1, -0.05) is 33.2 Å². The lowest BCUT2D eigenvalue weighted by Crippen LogP contribution is -2.17. The second kappa shape index (κ2) is 9.05. The molecule has 2 aromatic carbocycles. The van der Waals surface area contributed by atoms with Gasteiger partial charge in [-0.3, -0.25) is 14.8 Å². The first-order valence-corrected chi connectivity index (χ1v) is 12.1. The Bertz CT molecular complexity index is 1860. The minimum atomic E-state index is -0.101. The van der Waals surface area contributed by atoms with Crippen molar-refractivity contribution in [1.29, 1.82) is 0 Å². The van der Waals surface area contributed by atoms with E-state index in [0.717, 1.165) is 26.5 Å². The Balaban J connectivity index is 1.65. The van der Waals surface area contributed by atoms with Gasteiger partial charge >= 0.3 is 0 Å². The molecule has 4 aromatic heterocycles. The first-order chi connectivity index (χ1) is 17.6. The van der Waals surface area contributed by atoms with Gasteiger partial charge in [-0.05, 0) is 48.0 Å². The van der Waals surface area contributed by atoms with Gasteiger partial charge in [-0.2, -0.15) is 0 Å². The lowest BCUT2D eigenvalue weighted by atomic mass is 10.0. The monoisotopic (exact) mass is 538 g/mol. The van der Waals surface area contributed by atoms with Gasteiger partial charge in [0.15, 0.2) is 5.43 Å². The van der Waals surface area contributed by atoms with E-state index in [9.17, 15) is 10.0 Å². The number of hydrogen-bond donors (Lipinski definition) is 1. The van der Waals surface area contributed by atoms with Crippen molar-refractivity contribution in [2.75, 3.05) is 0 Å². The van der Waals surface area contributed by atoms with Crippen molar-refractivity contribution in [3.05, 3.63) is 122 Å². The molecule has 0 bridgehead atoms. The second-order valence-corrected chi connectivity index (χ2v) is 9.43. The zero-order valence-electron chi connectivity index (χ0n) is 18.9. The highest BCUT2D eigenvalue weighted by molar-refractivity contribution is 9.10. The molecule has 0 radical (unpaired) electrons. The number of nitrogens with zero attached hydrogens (tertiary/aromatic N) is 4. The fourth-order valence-corrected chi connectivity index (χ4v) is 4.97. The summed E-state index contributed by atoms with van der Waals surface area (Å²) in [5.74, 6) is 0.503. The summed E-state index contributed by atoms with van der Waals surface area (Å²) >= 11 is 3.53. The minimum absolute atomic E-state index is 0.101. The summed E-state index contributed by atoms with van der Waals surface area (Å²) in [6, 6.07) is 16.9. The summed E-state index contributed by atoms with van der Waals surface area (Å²) in [4.78, 5) is 22.1. The topological polar surface area (TPSA) is 89.1 Å². The highest BCUT2D eigenvalue weighted by atomic mass is 79.9. The molecule has 7 nitrogen and oxygen atoms in total. The van der Waals surface area contributed by atoms with Crippen LogP contribution in [0.15, 0.2) is 100 Å². The molecule has 4 heterocycles. The predicted octanol–water partition coefficient (Wildman–Crippen LogP) is 5.06. The number of rotatable bonds is 5. The Morgan fingerprint density at radius 2 is 1.69 bits per heavy atom. The summed E-state index contributed by atoms with van der Waals surface area (Å²) in [5, 5.41) is 15.9. The van der Waals surface area contributed by atoms with E-state index >= 15 is 0 Å². The van der Waals surface area contributed by atoms with Crippen molar-refractivity contribution in [1.82, 2.24) is 14.4 Å². The van der Waals surface area contributed by atoms with Crippen LogP contribution in [0.2, 0.25) is 0 Å². The Hall–Kier alpha value is -4.30. The fourth-order valence-electron chi connectivity index (χ4n) is 4.61. The maximum atomic E-state index is 13.8. The Labute approximate surface area is 213 Å². The maximum Gasteiger partial charge on any atom is 0.193 e. The fraction of sp³-hybridized carbons (Fsp3) is 0.0714. The molecule has 0 amide bonds. The van der Waals surface area contributed by atoms with Gasteiger partial charge in [-0.25, -0.2) is 0 Å². The van der Waals surface area contributed by atoms with Crippen molar-refractivity contribution >= 4 is 43.1 Å². The molecule has 0 saturated heterocycles. The molecule has 8 heteroatoms. The number of fused-ring (bicyclic) bond motifs is 2. The van der Waals surface area contributed by atoms with E-state index in [1.165, 1.54) is 0 Å². The standard InChI is InChI=1S/C28H19BrN4O3/c29-20-5-6-25-22(10-20)26(32-35)23-11-21(36-16-18-4-2-8-31-14-18)12-24-27(23)33(25)15-19(28(24)34)9-17-3-1-7-30-13-17/h1-8,10-15,35H,9,16H2/b32-26+. The van der Waals surface area contributed by atoms with E-state index in [2.05, 4.69) is 31.1 Å². The molecule has 0 unspecified atom stereocenters. The van der Waals surface area contributed by atoms with Gasteiger partial charge in [0, 0.05) is 63.8 Å². The molecule has 0 atom stereocenters. The summed E-state index contributed by atoms with van der Waals surface area (Å²) in [6.45, 7) is 0.288. The SMILES string of the molecule is O=c1c(Cc2cccnc2)cn2c3ccc(Br)cc3/c(=N\O)c3cc(OCc4cccnc4)cc1c32. The molecular weight excluding hydrogens is 520 g/mol. The first-order valence-electron chi connectivity index (χ1n) is 11.3. The van der Waals surface area contributed by atoms with Crippen LogP contribution in [0.3, 0.4) is 0 Å². The molecule has 0 aliphatic rings. The van der Waals surface area contributed by atoms with Crippen molar-refractivity contribution in [3.63, 3.8) is 0 Å². The number of pyridine rings is 4. The zero-order valence-corrected chi connectivity index (χ0v) is 20.5. The van der Waals surface area contributed by atoms with Gasteiger partial charge in [0.05, 0.1) is 16.4 Å². The van der Waals surface area contributed by atoms with Crippen LogP contribution < -0.4 is 15.5 Å². The first kappa shape index (κ1) is 22.2. The van der Waals surface area contributed by atoms with Crippen LogP contribution in [0.25, 0.3) is 27.2 Å². The number of ether oxygens (including phenoxy) is 1. The summed E-state index contributed by atoms with van der Waals surface area (Å²) in [6.07, 6.45) is 9.22.